The van der Waals surface area contributed by atoms with Crippen molar-refractivity contribution in [3.63, 3.8) is 0 Å². The van der Waals surface area contributed by atoms with Crippen molar-refractivity contribution >= 4 is 23.8 Å². The van der Waals surface area contributed by atoms with Gasteiger partial charge in [-0.25, -0.2) is 4.79 Å². The van der Waals surface area contributed by atoms with Gasteiger partial charge in [0.05, 0.1) is 25.6 Å². The average molecular weight is 317 g/mol. The lowest BCUT2D eigenvalue weighted by Crippen LogP contribution is -2.50. The molecule has 126 valence electrons. The number of carbonyl (C=O) groups excluding carboxylic acids is 3. The second kappa shape index (κ2) is 9.75. The van der Waals surface area contributed by atoms with Gasteiger partial charge in [-0.3, -0.25) is 14.4 Å². The Morgan fingerprint density at radius 2 is 1.59 bits per heavy atom. The highest BCUT2D eigenvalue weighted by molar-refractivity contribution is 5.91. The first-order valence-electron chi connectivity index (χ1n) is 7.09. The fourth-order valence-electron chi connectivity index (χ4n) is 1.64. The molecule has 1 amide bonds. The summed E-state index contributed by atoms with van der Waals surface area (Å²) in [5.41, 5.74) is 0. The average Bonchev–Trinajstić information content (AvgIpc) is 2.42. The van der Waals surface area contributed by atoms with Gasteiger partial charge in [0.1, 0.15) is 6.04 Å². The molecule has 0 aliphatic heterocycles. The van der Waals surface area contributed by atoms with Gasteiger partial charge in [-0.15, -0.1) is 0 Å². The van der Waals surface area contributed by atoms with Crippen LogP contribution in [0.25, 0.3) is 0 Å². The van der Waals surface area contributed by atoms with Crippen molar-refractivity contribution in [2.24, 2.45) is 11.8 Å². The van der Waals surface area contributed by atoms with Gasteiger partial charge < -0.3 is 19.9 Å². The monoisotopic (exact) mass is 317 g/mol. The van der Waals surface area contributed by atoms with Crippen LogP contribution in [-0.4, -0.2) is 48.2 Å². The molecule has 0 aromatic heterocycles. The smallest absolute Gasteiger partial charge is 0.327 e. The lowest BCUT2D eigenvalue weighted by atomic mass is 9.95. The molecule has 0 fully saturated rings. The van der Waals surface area contributed by atoms with Crippen LogP contribution in [0.4, 0.5) is 0 Å². The predicted molar refractivity (Wildman–Crippen MR) is 75.8 cm³/mol. The van der Waals surface area contributed by atoms with Crippen molar-refractivity contribution in [1.82, 2.24) is 5.32 Å². The summed E-state index contributed by atoms with van der Waals surface area (Å²) in [7, 11) is 0. The summed E-state index contributed by atoms with van der Waals surface area (Å²) >= 11 is 0. The molecule has 0 saturated carbocycles. The number of carboxylic acid groups (broad SMARTS) is 1. The molecular weight excluding hydrogens is 294 g/mol. The number of carboxylic acids is 1. The minimum atomic E-state index is -1.56. The normalized spacial score (nSPS) is 13.1. The lowest BCUT2D eigenvalue weighted by molar-refractivity contribution is -0.160. The fraction of sp³-hybridized carbons (Fsp3) is 0.714. The highest BCUT2D eigenvalue weighted by Crippen LogP contribution is 2.14. The van der Waals surface area contributed by atoms with Gasteiger partial charge in [0.25, 0.3) is 0 Å². The summed E-state index contributed by atoms with van der Waals surface area (Å²) in [6.07, 6.45) is -0.484. The molecule has 22 heavy (non-hydrogen) atoms. The van der Waals surface area contributed by atoms with Crippen LogP contribution in [-0.2, 0) is 28.7 Å². The van der Waals surface area contributed by atoms with E-state index >= 15 is 0 Å². The van der Waals surface area contributed by atoms with E-state index in [1.54, 1.807) is 27.7 Å². The van der Waals surface area contributed by atoms with Gasteiger partial charge in [0.2, 0.25) is 5.91 Å². The molecule has 0 saturated heterocycles. The van der Waals surface area contributed by atoms with E-state index in [4.69, 9.17) is 9.47 Å². The molecule has 0 aliphatic carbocycles. The first-order valence-corrected chi connectivity index (χ1v) is 7.09. The third-order valence-electron chi connectivity index (χ3n) is 2.77. The van der Waals surface area contributed by atoms with Crippen LogP contribution in [0, 0.1) is 11.8 Å². The van der Waals surface area contributed by atoms with E-state index in [9.17, 15) is 24.3 Å². The number of amides is 1. The molecule has 0 bridgehead atoms. The maximum absolute atomic E-state index is 11.9. The second-order valence-corrected chi connectivity index (χ2v) is 4.85. The van der Waals surface area contributed by atoms with E-state index in [0.717, 1.165) is 0 Å². The third-order valence-corrected chi connectivity index (χ3v) is 2.77. The van der Waals surface area contributed by atoms with Gasteiger partial charge in [0.15, 0.2) is 0 Å². The van der Waals surface area contributed by atoms with Gasteiger partial charge >= 0.3 is 17.9 Å². The van der Waals surface area contributed by atoms with E-state index in [1.165, 1.54) is 0 Å². The van der Waals surface area contributed by atoms with Crippen LogP contribution >= 0.6 is 0 Å². The number of nitrogens with one attached hydrogen (secondary N) is 1. The molecule has 2 atom stereocenters. The zero-order valence-electron chi connectivity index (χ0n) is 13.3. The zero-order chi connectivity index (χ0) is 17.3. The molecule has 8 nitrogen and oxygen atoms in total. The first kappa shape index (κ1) is 19.9. The first-order chi connectivity index (χ1) is 10.2. The molecule has 0 aromatic rings. The van der Waals surface area contributed by atoms with Gasteiger partial charge in [0, 0.05) is 5.92 Å². The molecule has 0 spiro atoms. The summed E-state index contributed by atoms with van der Waals surface area (Å²) in [5.74, 6) is -5.37. The van der Waals surface area contributed by atoms with Crippen molar-refractivity contribution in [3.8, 4) is 0 Å². The van der Waals surface area contributed by atoms with Crippen molar-refractivity contribution in [2.45, 2.75) is 40.2 Å². The topological polar surface area (TPSA) is 119 Å². The van der Waals surface area contributed by atoms with Crippen LogP contribution in [0.2, 0.25) is 0 Å². The quantitative estimate of drug-likeness (QED) is 0.589. The lowest BCUT2D eigenvalue weighted by Gasteiger charge is -2.23. The SMILES string of the molecule is CCOC(=O)C[C@@H](C(=O)OCC)[C@H](NC(=O)C(C)C)C(=O)O. The number of rotatable bonds is 9. The number of ether oxygens (including phenoxy) is 2. The summed E-state index contributed by atoms with van der Waals surface area (Å²) < 4.78 is 9.53. The van der Waals surface area contributed by atoms with Crippen molar-refractivity contribution < 1.29 is 33.8 Å². The minimum Gasteiger partial charge on any atom is -0.480 e. The number of hydrogen-bond donors (Lipinski definition) is 2. The summed E-state index contributed by atoms with van der Waals surface area (Å²) in [6.45, 7) is 6.44. The molecule has 0 heterocycles. The van der Waals surface area contributed by atoms with E-state index in [2.05, 4.69) is 5.32 Å². The molecule has 2 N–H and O–H groups in total. The Morgan fingerprint density at radius 3 is 2.00 bits per heavy atom. The van der Waals surface area contributed by atoms with Crippen LogP contribution in [0.3, 0.4) is 0 Å². The zero-order valence-corrected chi connectivity index (χ0v) is 13.3. The molecule has 0 radical (unpaired) electrons. The fourth-order valence-corrected chi connectivity index (χ4v) is 1.64. The van der Waals surface area contributed by atoms with E-state index in [1.807, 2.05) is 0 Å². The van der Waals surface area contributed by atoms with Crippen molar-refractivity contribution in [3.05, 3.63) is 0 Å². The minimum absolute atomic E-state index is 0.0304. The molecule has 0 rings (SSSR count). The Morgan fingerprint density at radius 1 is 1.05 bits per heavy atom. The van der Waals surface area contributed by atoms with Gasteiger partial charge in [-0.2, -0.15) is 0 Å². The van der Waals surface area contributed by atoms with Crippen LogP contribution in [0.5, 0.6) is 0 Å². The van der Waals surface area contributed by atoms with E-state index < -0.39 is 48.1 Å². The standard InChI is InChI=1S/C14H23NO7/c1-5-21-10(16)7-9(14(20)22-6-2)11(13(18)19)15-12(17)8(3)4/h8-9,11H,5-7H2,1-4H3,(H,15,17)(H,18,19)/t9-,11+/m1/s1. The molecule has 8 heteroatoms. The Kier molecular flexibility index (Phi) is 8.81. The molecule has 0 unspecified atom stereocenters. The Labute approximate surface area is 129 Å². The van der Waals surface area contributed by atoms with Crippen LogP contribution in [0.15, 0.2) is 0 Å². The number of hydrogen-bond acceptors (Lipinski definition) is 6. The summed E-state index contributed by atoms with van der Waals surface area (Å²) in [4.78, 5) is 46.6. The molecule has 0 aromatic carbocycles. The van der Waals surface area contributed by atoms with Gasteiger partial charge in [-0.1, -0.05) is 13.8 Å². The predicted octanol–water partition coefficient (Wildman–Crippen LogP) is 0.344. The van der Waals surface area contributed by atoms with Gasteiger partial charge in [-0.05, 0) is 13.8 Å². The Hall–Kier alpha value is -2.12. The van der Waals surface area contributed by atoms with E-state index in [-0.39, 0.29) is 13.2 Å². The summed E-state index contributed by atoms with van der Waals surface area (Å²) in [6, 6.07) is -1.56. The molecular formula is C14H23NO7. The highest BCUT2D eigenvalue weighted by atomic mass is 16.5. The van der Waals surface area contributed by atoms with Crippen LogP contribution in [0.1, 0.15) is 34.1 Å². The maximum Gasteiger partial charge on any atom is 0.327 e. The number of aliphatic carboxylic acids is 1. The summed E-state index contributed by atoms with van der Waals surface area (Å²) in [5, 5.41) is 11.5. The highest BCUT2D eigenvalue weighted by Gasteiger charge is 2.38. The third kappa shape index (κ3) is 6.55. The second-order valence-electron chi connectivity index (χ2n) is 4.85. The largest absolute Gasteiger partial charge is 0.480 e. The Balaban J connectivity index is 5.27. The Bertz CT molecular complexity index is 419. The maximum atomic E-state index is 11.9. The van der Waals surface area contributed by atoms with E-state index in [0.29, 0.717) is 0 Å². The molecule has 0 aliphatic rings. The number of carbonyl (C=O) groups is 4. The van der Waals surface area contributed by atoms with Crippen molar-refractivity contribution in [1.29, 1.82) is 0 Å². The van der Waals surface area contributed by atoms with Crippen LogP contribution < -0.4 is 5.32 Å². The van der Waals surface area contributed by atoms with Crippen molar-refractivity contribution in [2.75, 3.05) is 13.2 Å². The number of esters is 2.